The zero-order chi connectivity index (χ0) is 26.1. The summed E-state index contributed by atoms with van der Waals surface area (Å²) in [6.07, 6.45) is -0.241. The van der Waals surface area contributed by atoms with Crippen LogP contribution in [0, 0.1) is 11.8 Å². The molecule has 0 spiro atoms. The number of carboxylic acids is 1. The van der Waals surface area contributed by atoms with Gasteiger partial charge in [-0.1, -0.05) is 82.3 Å². The standard InChI is InChI=1S/C12H11O2P.C9H20O2.C7H6O2/c1-3-7-11(8-4-1)13-15-14-12-9-5-2-6-10-12;1-6(2)8(10)5-9(11)7(3)4;8-7(9)6-4-2-1-3-5-6/h1-10,15H;6-11H,5H2,1-4H3;1-5H,(H,8,9). The Labute approximate surface area is 210 Å². The average molecular weight is 501 g/mol. The summed E-state index contributed by atoms with van der Waals surface area (Å²) in [5.41, 5.74) is 0.331. The van der Waals surface area contributed by atoms with Gasteiger partial charge in [-0.2, -0.15) is 0 Å². The summed E-state index contributed by atoms with van der Waals surface area (Å²) in [4.78, 5) is 10.2. The minimum absolute atomic E-state index is 0.0129. The van der Waals surface area contributed by atoms with Crippen LogP contribution >= 0.6 is 9.03 Å². The van der Waals surface area contributed by atoms with Crippen molar-refractivity contribution >= 4 is 15.0 Å². The quantitative estimate of drug-likeness (QED) is 0.292. The summed E-state index contributed by atoms with van der Waals surface area (Å²) in [7, 11) is -0.0129. The molecular formula is C28H37O6P. The summed E-state index contributed by atoms with van der Waals surface area (Å²) in [5, 5.41) is 27.2. The largest absolute Gasteiger partial charge is 0.478 e. The maximum atomic E-state index is 10.2. The molecule has 0 amide bonds. The van der Waals surface area contributed by atoms with Crippen LogP contribution in [0.15, 0.2) is 91.0 Å². The van der Waals surface area contributed by atoms with Gasteiger partial charge < -0.3 is 24.4 Å². The number of aliphatic hydroxyl groups excluding tert-OH is 2. The van der Waals surface area contributed by atoms with Crippen LogP contribution in [0.1, 0.15) is 44.5 Å². The highest BCUT2D eigenvalue weighted by molar-refractivity contribution is 7.27. The summed E-state index contributed by atoms with van der Waals surface area (Å²) in [5.74, 6) is 1.25. The van der Waals surface area contributed by atoms with Crippen LogP contribution in [-0.4, -0.2) is 33.5 Å². The van der Waals surface area contributed by atoms with E-state index in [-0.39, 0.29) is 33.1 Å². The Kier molecular flexibility index (Phi) is 15.1. The van der Waals surface area contributed by atoms with Crippen molar-refractivity contribution < 1.29 is 29.2 Å². The van der Waals surface area contributed by atoms with Crippen molar-refractivity contribution in [3.05, 3.63) is 96.6 Å². The Morgan fingerprint density at radius 1 is 0.686 bits per heavy atom. The van der Waals surface area contributed by atoms with E-state index < -0.39 is 5.97 Å². The van der Waals surface area contributed by atoms with E-state index in [0.717, 1.165) is 11.5 Å². The molecular weight excluding hydrogens is 463 g/mol. The second-order valence-electron chi connectivity index (χ2n) is 8.44. The Hall–Kier alpha value is -2.92. The zero-order valence-corrected chi connectivity index (χ0v) is 21.7. The predicted octanol–water partition coefficient (Wildman–Crippen LogP) is 6.45. The van der Waals surface area contributed by atoms with E-state index in [1.54, 1.807) is 30.3 Å². The molecule has 0 heterocycles. The lowest BCUT2D eigenvalue weighted by Crippen LogP contribution is -2.25. The number of hydrogen-bond donors (Lipinski definition) is 3. The van der Waals surface area contributed by atoms with Gasteiger partial charge in [0, 0.05) is 0 Å². The van der Waals surface area contributed by atoms with Crippen molar-refractivity contribution in [1.29, 1.82) is 0 Å². The molecule has 0 aromatic heterocycles. The lowest BCUT2D eigenvalue weighted by Gasteiger charge is -2.20. The van der Waals surface area contributed by atoms with Crippen LogP contribution in [0.3, 0.4) is 0 Å². The Balaban J connectivity index is 0.000000273. The van der Waals surface area contributed by atoms with Gasteiger partial charge in [0.05, 0.1) is 17.8 Å². The fraction of sp³-hybridized carbons (Fsp3) is 0.321. The molecule has 2 atom stereocenters. The van der Waals surface area contributed by atoms with Gasteiger partial charge in [0.2, 0.25) is 0 Å². The van der Waals surface area contributed by atoms with Crippen molar-refractivity contribution in [2.45, 2.75) is 46.3 Å². The monoisotopic (exact) mass is 500 g/mol. The molecule has 0 fully saturated rings. The minimum atomic E-state index is -0.879. The maximum absolute atomic E-state index is 10.2. The molecule has 190 valence electrons. The van der Waals surface area contributed by atoms with Gasteiger partial charge in [0.15, 0.2) is 0 Å². The second-order valence-corrected chi connectivity index (χ2v) is 9.02. The number of aromatic carboxylic acids is 1. The first-order valence-electron chi connectivity index (χ1n) is 11.5. The number of carboxylic acid groups (broad SMARTS) is 1. The van der Waals surface area contributed by atoms with Gasteiger partial charge in [-0.05, 0) is 54.7 Å². The molecule has 3 aromatic carbocycles. The number of carbonyl (C=O) groups is 1. The third-order valence-electron chi connectivity index (χ3n) is 4.85. The first kappa shape index (κ1) is 30.1. The highest BCUT2D eigenvalue weighted by Gasteiger charge is 2.17. The maximum Gasteiger partial charge on any atom is 0.335 e. The molecule has 0 aliphatic heterocycles. The summed E-state index contributed by atoms with van der Waals surface area (Å²) >= 11 is 0. The van der Waals surface area contributed by atoms with Gasteiger partial charge >= 0.3 is 5.97 Å². The highest BCUT2D eigenvalue weighted by Crippen LogP contribution is 2.24. The van der Waals surface area contributed by atoms with Crippen molar-refractivity contribution in [2.24, 2.45) is 11.8 Å². The molecule has 0 bridgehead atoms. The molecule has 7 heteroatoms. The SMILES string of the molecule is CC(C)C(O)CC(O)C(C)C.O=C(O)c1ccccc1.c1ccc(OPOc2ccccc2)cc1. The van der Waals surface area contributed by atoms with E-state index in [1.807, 2.05) is 88.4 Å². The van der Waals surface area contributed by atoms with Gasteiger partial charge in [-0.15, -0.1) is 0 Å². The third-order valence-corrected chi connectivity index (χ3v) is 5.49. The van der Waals surface area contributed by atoms with Gasteiger partial charge in [0.1, 0.15) is 11.5 Å². The number of benzene rings is 3. The molecule has 0 aliphatic carbocycles. The fourth-order valence-electron chi connectivity index (χ4n) is 2.47. The van der Waals surface area contributed by atoms with Crippen molar-refractivity contribution in [3.8, 4) is 11.5 Å². The average Bonchev–Trinajstić information content (AvgIpc) is 2.86. The summed E-state index contributed by atoms with van der Waals surface area (Å²) in [6.45, 7) is 7.82. The van der Waals surface area contributed by atoms with Gasteiger partial charge in [-0.25, -0.2) is 4.79 Å². The van der Waals surface area contributed by atoms with E-state index in [2.05, 4.69) is 0 Å². The lowest BCUT2D eigenvalue weighted by atomic mass is 9.95. The van der Waals surface area contributed by atoms with Crippen LogP contribution in [0.4, 0.5) is 0 Å². The van der Waals surface area contributed by atoms with Crippen LogP contribution < -0.4 is 9.05 Å². The second kappa shape index (κ2) is 17.5. The molecule has 0 saturated carbocycles. The molecule has 0 aliphatic rings. The van der Waals surface area contributed by atoms with Crippen molar-refractivity contribution in [3.63, 3.8) is 0 Å². The third kappa shape index (κ3) is 14.2. The zero-order valence-electron chi connectivity index (χ0n) is 20.7. The molecule has 2 unspecified atom stereocenters. The summed E-state index contributed by atoms with van der Waals surface area (Å²) < 4.78 is 10.8. The topological polar surface area (TPSA) is 96.2 Å². The fourth-order valence-corrected chi connectivity index (χ4v) is 2.97. The van der Waals surface area contributed by atoms with Crippen LogP contribution in [-0.2, 0) is 0 Å². The predicted molar refractivity (Wildman–Crippen MR) is 142 cm³/mol. The molecule has 35 heavy (non-hydrogen) atoms. The number of aliphatic hydroxyl groups is 2. The molecule has 3 aromatic rings. The first-order chi connectivity index (χ1) is 16.7. The first-order valence-corrected chi connectivity index (χ1v) is 12.4. The van der Waals surface area contributed by atoms with Crippen molar-refractivity contribution in [1.82, 2.24) is 0 Å². The normalized spacial score (nSPS) is 11.9. The van der Waals surface area contributed by atoms with Gasteiger partial charge in [0.25, 0.3) is 9.03 Å². The smallest absolute Gasteiger partial charge is 0.335 e. The van der Waals surface area contributed by atoms with Crippen LogP contribution in [0.2, 0.25) is 0 Å². The van der Waals surface area contributed by atoms with Crippen LogP contribution in [0.5, 0.6) is 11.5 Å². The molecule has 3 rings (SSSR count). The summed E-state index contributed by atoms with van der Waals surface area (Å²) in [6, 6.07) is 27.5. The lowest BCUT2D eigenvalue weighted by molar-refractivity contribution is 0.0326. The minimum Gasteiger partial charge on any atom is -0.478 e. The highest BCUT2D eigenvalue weighted by atomic mass is 31.1. The van der Waals surface area contributed by atoms with E-state index in [9.17, 15) is 15.0 Å². The van der Waals surface area contributed by atoms with E-state index >= 15 is 0 Å². The Morgan fingerprint density at radius 2 is 1.03 bits per heavy atom. The van der Waals surface area contributed by atoms with Gasteiger partial charge in [-0.3, -0.25) is 0 Å². The Morgan fingerprint density at radius 3 is 1.31 bits per heavy atom. The van der Waals surface area contributed by atoms with Crippen LogP contribution in [0.25, 0.3) is 0 Å². The van der Waals surface area contributed by atoms with E-state index in [0.29, 0.717) is 12.0 Å². The van der Waals surface area contributed by atoms with Crippen molar-refractivity contribution in [2.75, 3.05) is 0 Å². The molecule has 0 saturated heterocycles. The molecule has 0 radical (unpaired) electrons. The number of para-hydroxylation sites is 2. The van der Waals surface area contributed by atoms with E-state index in [4.69, 9.17) is 14.2 Å². The number of hydrogen-bond acceptors (Lipinski definition) is 5. The Bertz CT molecular complexity index is 868. The molecule has 3 N–H and O–H groups in total. The number of rotatable bonds is 9. The van der Waals surface area contributed by atoms with E-state index in [1.165, 1.54) is 0 Å². The molecule has 6 nitrogen and oxygen atoms in total.